The zero-order valence-corrected chi connectivity index (χ0v) is 19.2. The first-order chi connectivity index (χ1) is 15.6. The van der Waals surface area contributed by atoms with Crippen molar-refractivity contribution in [2.75, 3.05) is 27.9 Å². The van der Waals surface area contributed by atoms with Gasteiger partial charge in [-0.15, -0.1) is 0 Å². The van der Waals surface area contributed by atoms with Crippen molar-refractivity contribution in [2.24, 2.45) is 4.99 Å². The second-order valence-corrected chi connectivity index (χ2v) is 7.05. The number of hydrogen-bond donors (Lipinski definition) is 2. The van der Waals surface area contributed by atoms with E-state index in [0.29, 0.717) is 42.2 Å². The van der Waals surface area contributed by atoms with Crippen LogP contribution in [-0.2, 0) is 13.1 Å². The highest BCUT2D eigenvalue weighted by molar-refractivity contribution is 5.79. The molecule has 2 N–H and O–H groups in total. The molecule has 0 amide bonds. The fourth-order valence-electron chi connectivity index (χ4n) is 3.18. The summed E-state index contributed by atoms with van der Waals surface area (Å²) in [4.78, 5) is 9.24. The average molecular weight is 439 g/mol. The van der Waals surface area contributed by atoms with Crippen molar-refractivity contribution in [3.63, 3.8) is 0 Å². The van der Waals surface area contributed by atoms with E-state index in [1.165, 1.54) is 5.56 Å². The van der Waals surface area contributed by atoms with E-state index in [2.05, 4.69) is 20.6 Å². The van der Waals surface area contributed by atoms with Crippen molar-refractivity contribution in [1.29, 1.82) is 0 Å². The highest BCUT2D eigenvalue weighted by atomic mass is 16.5. The van der Waals surface area contributed by atoms with Gasteiger partial charge in [-0.2, -0.15) is 0 Å². The zero-order valence-electron chi connectivity index (χ0n) is 19.2. The molecule has 3 rings (SSSR count). The normalized spacial score (nSPS) is 11.2. The summed E-state index contributed by atoms with van der Waals surface area (Å²) in [6.45, 7) is 5.66. The maximum Gasteiger partial charge on any atom is 0.226 e. The van der Waals surface area contributed by atoms with Crippen molar-refractivity contribution in [1.82, 2.24) is 15.6 Å². The molecule has 0 aliphatic rings. The lowest BCUT2D eigenvalue weighted by molar-refractivity contribution is 0.322. The fourth-order valence-corrected chi connectivity index (χ4v) is 3.18. The number of rotatable bonds is 9. The quantitative estimate of drug-likeness (QED) is 0.386. The molecule has 0 fully saturated rings. The molecule has 0 bridgehead atoms. The number of aliphatic imine (C=N–C) groups is 1. The predicted molar refractivity (Wildman–Crippen MR) is 124 cm³/mol. The van der Waals surface area contributed by atoms with Crippen LogP contribution < -0.4 is 24.8 Å². The van der Waals surface area contributed by atoms with E-state index in [9.17, 15) is 0 Å². The Morgan fingerprint density at radius 1 is 0.969 bits per heavy atom. The van der Waals surface area contributed by atoms with E-state index in [1.807, 2.05) is 50.2 Å². The Balaban J connectivity index is 1.70. The number of aryl methyl sites for hydroxylation is 1. The van der Waals surface area contributed by atoms with Crippen LogP contribution in [0.3, 0.4) is 0 Å². The van der Waals surface area contributed by atoms with Gasteiger partial charge in [0.2, 0.25) is 11.6 Å². The zero-order chi connectivity index (χ0) is 22.9. The van der Waals surface area contributed by atoms with Crippen molar-refractivity contribution >= 4 is 5.96 Å². The molecule has 0 aliphatic carbocycles. The molecule has 0 saturated carbocycles. The third kappa shape index (κ3) is 5.51. The minimum absolute atomic E-state index is 0.395. The number of oxazole rings is 1. The first kappa shape index (κ1) is 23.0. The summed E-state index contributed by atoms with van der Waals surface area (Å²) in [5.74, 6) is 3.01. The lowest BCUT2D eigenvalue weighted by Gasteiger charge is -2.15. The molecule has 170 valence electrons. The number of hydrogen-bond acceptors (Lipinski definition) is 6. The predicted octanol–water partition coefficient (Wildman–Crippen LogP) is 3.93. The minimum atomic E-state index is 0.395. The van der Waals surface area contributed by atoms with Crippen LogP contribution in [0.15, 0.2) is 52.1 Å². The van der Waals surface area contributed by atoms with Gasteiger partial charge in [0, 0.05) is 17.7 Å². The van der Waals surface area contributed by atoms with Gasteiger partial charge in [-0.25, -0.2) is 9.98 Å². The van der Waals surface area contributed by atoms with E-state index < -0.39 is 0 Å². The van der Waals surface area contributed by atoms with E-state index in [-0.39, 0.29) is 0 Å². The number of guanidine groups is 1. The summed E-state index contributed by atoms with van der Waals surface area (Å²) >= 11 is 0. The van der Waals surface area contributed by atoms with Crippen molar-refractivity contribution in [3.05, 3.63) is 59.5 Å². The Morgan fingerprint density at radius 3 is 2.38 bits per heavy atom. The van der Waals surface area contributed by atoms with Gasteiger partial charge < -0.3 is 29.3 Å². The van der Waals surface area contributed by atoms with Gasteiger partial charge in [0.1, 0.15) is 6.26 Å². The third-order valence-corrected chi connectivity index (χ3v) is 4.82. The second kappa shape index (κ2) is 11.1. The van der Waals surface area contributed by atoms with Gasteiger partial charge in [-0.1, -0.05) is 17.7 Å². The summed E-state index contributed by atoms with van der Waals surface area (Å²) in [5, 5.41) is 6.53. The van der Waals surface area contributed by atoms with Crippen LogP contribution in [0.25, 0.3) is 11.5 Å². The minimum Gasteiger partial charge on any atom is -0.493 e. The maximum atomic E-state index is 5.64. The number of nitrogens with one attached hydrogen (secondary N) is 2. The standard InChI is InChI=1S/C24H30N4O4/c1-6-25-24(26-13-18-11-12-20(29-3)22(31-5)21(18)30-4)27-14-19-15-32-23(28-19)17-9-7-16(2)8-10-17/h7-12,15H,6,13-14H2,1-5H3,(H2,25,26,27). The molecule has 0 spiro atoms. The summed E-state index contributed by atoms with van der Waals surface area (Å²) < 4.78 is 22.0. The van der Waals surface area contributed by atoms with Gasteiger partial charge in [0.05, 0.1) is 40.1 Å². The van der Waals surface area contributed by atoms with Crippen molar-refractivity contribution in [2.45, 2.75) is 26.9 Å². The summed E-state index contributed by atoms with van der Waals surface area (Å²) in [6, 6.07) is 11.8. The fraction of sp³-hybridized carbons (Fsp3) is 0.333. The highest BCUT2D eigenvalue weighted by Gasteiger charge is 2.15. The molecule has 32 heavy (non-hydrogen) atoms. The smallest absolute Gasteiger partial charge is 0.226 e. The van der Waals surface area contributed by atoms with Crippen LogP contribution in [-0.4, -0.2) is 38.8 Å². The molecule has 3 aromatic rings. The first-order valence-electron chi connectivity index (χ1n) is 10.4. The summed E-state index contributed by atoms with van der Waals surface area (Å²) in [5.41, 5.74) is 3.81. The van der Waals surface area contributed by atoms with Crippen LogP contribution in [0.4, 0.5) is 0 Å². The van der Waals surface area contributed by atoms with Crippen LogP contribution in [0, 0.1) is 6.92 Å². The van der Waals surface area contributed by atoms with Gasteiger partial charge >= 0.3 is 0 Å². The monoisotopic (exact) mass is 438 g/mol. The molecule has 0 saturated heterocycles. The summed E-state index contributed by atoms with van der Waals surface area (Å²) in [7, 11) is 4.78. The molecule has 2 aromatic carbocycles. The van der Waals surface area contributed by atoms with Gasteiger partial charge in [0.15, 0.2) is 17.5 Å². The maximum absolute atomic E-state index is 5.64. The molecule has 1 aromatic heterocycles. The lowest BCUT2D eigenvalue weighted by atomic mass is 10.1. The number of methoxy groups -OCH3 is 3. The average Bonchev–Trinajstić information content (AvgIpc) is 3.29. The largest absolute Gasteiger partial charge is 0.493 e. The topological polar surface area (TPSA) is 90.1 Å². The van der Waals surface area contributed by atoms with Gasteiger partial charge in [-0.3, -0.25) is 0 Å². The first-order valence-corrected chi connectivity index (χ1v) is 10.4. The Bertz CT molecular complexity index is 1040. The second-order valence-electron chi connectivity index (χ2n) is 7.05. The van der Waals surface area contributed by atoms with Gasteiger partial charge in [0.25, 0.3) is 0 Å². The Hall–Kier alpha value is -3.68. The Morgan fingerprint density at radius 2 is 1.72 bits per heavy atom. The van der Waals surface area contributed by atoms with E-state index in [0.717, 1.165) is 23.4 Å². The molecule has 8 nitrogen and oxygen atoms in total. The lowest BCUT2D eigenvalue weighted by Crippen LogP contribution is -2.36. The van der Waals surface area contributed by atoms with E-state index >= 15 is 0 Å². The number of benzene rings is 2. The van der Waals surface area contributed by atoms with Crippen LogP contribution in [0.1, 0.15) is 23.7 Å². The number of aromatic nitrogens is 1. The Labute approximate surface area is 188 Å². The molecular formula is C24H30N4O4. The number of nitrogens with zero attached hydrogens (tertiary/aromatic N) is 2. The van der Waals surface area contributed by atoms with E-state index in [1.54, 1.807) is 27.6 Å². The van der Waals surface area contributed by atoms with Gasteiger partial charge in [-0.05, 0) is 38.1 Å². The number of ether oxygens (including phenoxy) is 3. The molecule has 0 radical (unpaired) electrons. The molecule has 1 heterocycles. The Kier molecular flexibility index (Phi) is 7.96. The van der Waals surface area contributed by atoms with Crippen LogP contribution >= 0.6 is 0 Å². The van der Waals surface area contributed by atoms with Crippen LogP contribution in [0.2, 0.25) is 0 Å². The third-order valence-electron chi connectivity index (χ3n) is 4.82. The molecular weight excluding hydrogens is 408 g/mol. The highest BCUT2D eigenvalue weighted by Crippen LogP contribution is 2.39. The van der Waals surface area contributed by atoms with Crippen molar-refractivity contribution in [3.8, 4) is 28.7 Å². The molecule has 0 unspecified atom stereocenters. The molecule has 0 aliphatic heterocycles. The van der Waals surface area contributed by atoms with Crippen LogP contribution in [0.5, 0.6) is 17.2 Å². The van der Waals surface area contributed by atoms with E-state index in [4.69, 9.17) is 18.6 Å². The molecule has 8 heteroatoms. The SMILES string of the molecule is CCNC(=NCc1ccc(OC)c(OC)c1OC)NCc1coc(-c2ccc(C)cc2)n1. The van der Waals surface area contributed by atoms with Crippen molar-refractivity contribution < 1.29 is 18.6 Å². The summed E-state index contributed by atoms with van der Waals surface area (Å²) in [6.07, 6.45) is 1.66. The molecule has 0 atom stereocenters.